The Bertz CT molecular complexity index is 729. The van der Waals surface area contributed by atoms with Crippen LogP contribution >= 0.6 is 11.3 Å². The molecule has 0 bridgehead atoms. The summed E-state index contributed by atoms with van der Waals surface area (Å²) in [5.74, 6) is 0.246. The third-order valence-electron chi connectivity index (χ3n) is 5.55. The van der Waals surface area contributed by atoms with Crippen LogP contribution in [0.1, 0.15) is 32.1 Å². The van der Waals surface area contributed by atoms with Crippen LogP contribution in [-0.2, 0) is 4.79 Å². The van der Waals surface area contributed by atoms with Crippen LogP contribution in [-0.4, -0.2) is 53.7 Å². The average molecular weight is 359 g/mol. The number of hydrogen-bond donors (Lipinski definition) is 1. The van der Waals surface area contributed by atoms with Crippen LogP contribution in [0.5, 0.6) is 0 Å². The number of anilines is 1. The molecule has 4 rings (SSSR count). The summed E-state index contributed by atoms with van der Waals surface area (Å²) < 4.78 is 1.24. The van der Waals surface area contributed by atoms with E-state index in [9.17, 15) is 4.79 Å². The zero-order valence-corrected chi connectivity index (χ0v) is 15.3. The Labute approximate surface area is 152 Å². The number of para-hydroxylation sites is 1. The van der Waals surface area contributed by atoms with Crippen molar-refractivity contribution in [1.29, 1.82) is 0 Å². The number of thiazole rings is 1. The Balaban J connectivity index is 1.52. The number of benzene rings is 1. The number of fused-ring (bicyclic) bond motifs is 1. The Morgan fingerprint density at radius 2 is 2.12 bits per heavy atom. The number of nitrogens with zero attached hydrogens (tertiary/aromatic N) is 3. The van der Waals surface area contributed by atoms with Gasteiger partial charge in [0.05, 0.1) is 10.2 Å². The van der Waals surface area contributed by atoms with Crippen LogP contribution in [0.15, 0.2) is 24.3 Å². The summed E-state index contributed by atoms with van der Waals surface area (Å²) >= 11 is 1.77. The number of aliphatic hydroxyl groups excluding tert-OH is 1. The predicted octanol–water partition coefficient (Wildman–Crippen LogP) is 2.89. The molecule has 0 saturated carbocycles. The van der Waals surface area contributed by atoms with Crippen LogP contribution in [0.2, 0.25) is 0 Å². The smallest absolute Gasteiger partial charge is 0.222 e. The van der Waals surface area contributed by atoms with E-state index in [1.54, 1.807) is 11.3 Å². The largest absolute Gasteiger partial charge is 0.396 e. The van der Waals surface area contributed by atoms with Gasteiger partial charge in [-0.15, -0.1) is 0 Å². The fourth-order valence-electron chi connectivity index (χ4n) is 4.27. The monoisotopic (exact) mass is 359 g/mol. The molecule has 1 N–H and O–H groups in total. The minimum atomic E-state index is 0.147. The fraction of sp³-hybridized carbons (Fsp3) is 0.579. The van der Waals surface area contributed by atoms with E-state index in [1.807, 2.05) is 11.0 Å². The molecule has 0 unspecified atom stereocenters. The fourth-order valence-corrected chi connectivity index (χ4v) is 5.26. The molecule has 2 saturated heterocycles. The van der Waals surface area contributed by atoms with Gasteiger partial charge < -0.3 is 14.9 Å². The third kappa shape index (κ3) is 3.37. The summed E-state index contributed by atoms with van der Waals surface area (Å²) in [6.45, 7) is 3.68. The molecule has 2 fully saturated rings. The molecule has 1 atom stereocenters. The van der Waals surface area contributed by atoms with Crippen LogP contribution in [0.4, 0.5) is 5.13 Å². The lowest BCUT2D eigenvalue weighted by Crippen LogP contribution is -2.54. The van der Waals surface area contributed by atoms with E-state index in [0.717, 1.165) is 43.1 Å². The van der Waals surface area contributed by atoms with Crippen molar-refractivity contribution < 1.29 is 9.90 Å². The second kappa shape index (κ2) is 6.92. The van der Waals surface area contributed by atoms with Gasteiger partial charge in [-0.1, -0.05) is 23.5 Å². The molecule has 3 heterocycles. The van der Waals surface area contributed by atoms with Crippen molar-refractivity contribution in [3.63, 3.8) is 0 Å². The number of carbonyl (C=O) groups is 1. The SMILES string of the molecule is O=C1CC[C@@]2(CCCN(c3nc4ccccc4s3)C2)CN1CCCO. The second-order valence-electron chi connectivity index (χ2n) is 7.38. The summed E-state index contributed by atoms with van der Waals surface area (Å²) in [7, 11) is 0. The third-order valence-corrected chi connectivity index (χ3v) is 6.65. The van der Waals surface area contributed by atoms with Crippen molar-refractivity contribution in [2.45, 2.75) is 32.1 Å². The summed E-state index contributed by atoms with van der Waals surface area (Å²) in [5.41, 5.74) is 1.25. The standard InChI is InChI=1S/C19H25N3O2S/c23-12-4-11-21-13-19(9-7-17(21)24)8-3-10-22(14-19)18-20-15-5-1-2-6-16(15)25-18/h1-2,5-6,23H,3-4,7-14H2/t19-/m0/s1. The molecule has 5 nitrogen and oxygen atoms in total. The summed E-state index contributed by atoms with van der Waals surface area (Å²) in [6.07, 6.45) is 4.61. The first-order valence-corrected chi connectivity index (χ1v) is 10.00. The van der Waals surface area contributed by atoms with Gasteiger partial charge in [-0.25, -0.2) is 4.98 Å². The minimum Gasteiger partial charge on any atom is -0.396 e. The van der Waals surface area contributed by atoms with E-state index in [-0.39, 0.29) is 17.9 Å². The molecule has 1 aromatic carbocycles. The number of piperidine rings is 2. The van der Waals surface area contributed by atoms with Crippen molar-refractivity contribution in [2.24, 2.45) is 5.41 Å². The van der Waals surface area contributed by atoms with Gasteiger partial charge in [-0.3, -0.25) is 4.79 Å². The lowest BCUT2D eigenvalue weighted by atomic mass is 9.73. The first-order chi connectivity index (χ1) is 12.2. The molecule has 2 aromatic rings. The lowest BCUT2D eigenvalue weighted by molar-refractivity contribution is -0.138. The van der Waals surface area contributed by atoms with Crippen LogP contribution in [0.25, 0.3) is 10.2 Å². The molecule has 6 heteroatoms. The highest BCUT2D eigenvalue weighted by molar-refractivity contribution is 7.22. The Kier molecular flexibility index (Phi) is 4.65. The first-order valence-electron chi connectivity index (χ1n) is 9.18. The molecule has 0 radical (unpaired) electrons. The maximum Gasteiger partial charge on any atom is 0.222 e. The predicted molar refractivity (Wildman–Crippen MR) is 101 cm³/mol. The zero-order chi connectivity index (χ0) is 17.3. The molecular weight excluding hydrogens is 334 g/mol. The van der Waals surface area contributed by atoms with Gasteiger partial charge in [-0.05, 0) is 37.8 Å². The summed E-state index contributed by atoms with van der Waals surface area (Å²) in [6, 6.07) is 8.31. The topological polar surface area (TPSA) is 56.7 Å². The highest BCUT2D eigenvalue weighted by Gasteiger charge is 2.42. The normalized spacial score (nSPS) is 24.4. The van der Waals surface area contributed by atoms with Gasteiger partial charge in [0.1, 0.15) is 0 Å². The van der Waals surface area contributed by atoms with Gasteiger partial charge in [0.25, 0.3) is 0 Å². The van der Waals surface area contributed by atoms with Gasteiger partial charge in [0.2, 0.25) is 5.91 Å². The summed E-state index contributed by atoms with van der Waals surface area (Å²) in [5, 5.41) is 10.2. The van der Waals surface area contributed by atoms with Gasteiger partial charge >= 0.3 is 0 Å². The van der Waals surface area contributed by atoms with E-state index in [1.165, 1.54) is 11.1 Å². The maximum absolute atomic E-state index is 12.2. The number of aromatic nitrogens is 1. The molecule has 1 amide bonds. The molecular formula is C19H25N3O2S. The Hall–Kier alpha value is -1.66. The highest BCUT2D eigenvalue weighted by Crippen LogP contribution is 2.41. The number of carbonyl (C=O) groups excluding carboxylic acids is 1. The molecule has 134 valence electrons. The second-order valence-corrected chi connectivity index (χ2v) is 8.39. The zero-order valence-electron chi connectivity index (χ0n) is 14.5. The first kappa shape index (κ1) is 16.8. The number of aliphatic hydroxyl groups is 1. The van der Waals surface area contributed by atoms with Crippen molar-refractivity contribution in [3.8, 4) is 0 Å². The molecule has 1 aromatic heterocycles. The van der Waals surface area contributed by atoms with E-state index in [0.29, 0.717) is 19.4 Å². The molecule has 2 aliphatic heterocycles. The number of rotatable bonds is 4. The Morgan fingerprint density at radius 3 is 2.96 bits per heavy atom. The number of likely N-dealkylation sites (tertiary alicyclic amines) is 1. The van der Waals surface area contributed by atoms with Crippen LogP contribution in [0.3, 0.4) is 0 Å². The molecule has 0 aliphatic carbocycles. The number of hydrogen-bond acceptors (Lipinski definition) is 5. The molecule has 1 spiro atoms. The van der Waals surface area contributed by atoms with Gasteiger partial charge in [-0.2, -0.15) is 0 Å². The summed E-state index contributed by atoms with van der Waals surface area (Å²) in [4.78, 5) is 21.4. The molecule has 25 heavy (non-hydrogen) atoms. The van der Waals surface area contributed by atoms with Crippen molar-refractivity contribution in [1.82, 2.24) is 9.88 Å². The van der Waals surface area contributed by atoms with Crippen molar-refractivity contribution in [2.75, 3.05) is 37.7 Å². The van der Waals surface area contributed by atoms with Gasteiger partial charge in [0, 0.05) is 44.6 Å². The van der Waals surface area contributed by atoms with E-state index < -0.39 is 0 Å². The van der Waals surface area contributed by atoms with E-state index >= 15 is 0 Å². The van der Waals surface area contributed by atoms with E-state index in [2.05, 4.69) is 23.1 Å². The van der Waals surface area contributed by atoms with Crippen molar-refractivity contribution in [3.05, 3.63) is 24.3 Å². The Morgan fingerprint density at radius 1 is 1.24 bits per heavy atom. The minimum absolute atomic E-state index is 0.147. The lowest BCUT2D eigenvalue weighted by Gasteiger charge is -2.48. The maximum atomic E-state index is 12.2. The highest BCUT2D eigenvalue weighted by atomic mass is 32.1. The van der Waals surface area contributed by atoms with Gasteiger partial charge in [0.15, 0.2) is 5.13 Å². The molecule has 2 aliphatic rings. The van der Waals surface area contributed by atoms with Crippen molar-refractivity contribution >= 4 is 32.6 Å². The van der Waals surface area contributed by atoms with Crippen LogP contribution in [0, 0.1) is 5.41 Å². The quantitative estimate of drug-likeness (QED) is 0.912. The van der Waals surface area contributed by atoms with Crippen LogP contribution < -0.4 is 4.90 Å². The number of amides is 1. The average Bonchev–Trinajstić information content (AvgIpc) is 3.07. The van der Waals surface area contributed by atoms with E-state index in [4.69, 9.17) is 10.1 Å².